The highest BCUT2D eigenvalue weighted by molar-refractivity contribution is 8.15. The van der Waals surface area contributed by atoms with Crippen LogP contribution in [-0.2, 0) is 9.59 Å². The van der Waals surface area contributed by atoms with Crippen molar-refractivity contribution < 1.29 is 23.8 Å². The molecule has 0 saturated carbocycles. The molecule has 0 aromatic heterocycles. The van der Waals surface area contributed by atoms with E-state index < -0.39 is 5.25 Å². The second-order valence-corrected chi connectivity index (χ2v) is 10.7. The lowest BCUT2D eigenvalue weighted by Crippen LogP contribution is -2.25. The third-order valence-corrected chi connectivity index (χ3v) is 7.91. The van der Waals surface area contributed by atoms with Crippen LogP contribution in [0.1, 0.15) is 30.0 Å². The molecule has 2 aliphatic heterocycles. The minimum atomic E-state index is -0.672. The Balaban J connectivity index is 1.34. The first-order valence-corrected chi connectivity index (χ1v) is 13.7. The van der Waals surface area contributed by atoms with Gasteiger partial charge in [-0.3, -0.25) is 9.59 Å². The van der Waals surface area contributed by atoms with E-state index in [1.54, 1.807) is 30.3 Å². The van der Waals surface area contributed by atoms with Gasteiger partial charge in [0.2, 0.25) is 5.91 Å². The Labute approximate surface area is 241 Å². The van der Waals surface area contributed by atoms with Crippen molar-refractivity contribution in [3.63, 3.8) is 0 Å². The number of aliphatic imine (C=N–C) groups is 1. The smallest absolute Gasteiger partial charge is 0.262 e. The van der Waals surface area contributed by atoms with Gasteiger partial charge in [-0.05, 0) is 35.4 Å². The number of hydrogen-bond acceptors (Lipinski definition) is 8. The van der Waals surface area contributed by atoms with E-state index in [1.165, 1.54) is 26.0 Å². The Morgan fingerprint density at radius 1 is 0.975 bits per heavy atom. The molecule has 2 heterocycles. The summed E-state index contributed by atoms with van der Waals surface area (Å²) in [5, 5.41) is 9.89. The first-order chi connectivity index (χ1) is 19.4. The van der Waals surface area contributed by atoms with Crippen LogP contribution in [0.4, 0.5) is 5.69 Å². The fourth-order valence-electron chi connectivity index (χ4n) is 4.45. The third-order valence-electron chi connectivity index (χ3n) is 6.52. The van der Waals surface area contributed by atoms with E-state index in [0.717, 1.165) is 22.6 Å². The lowest BCUT2D eigenvalue weighted by Gasteiger charge is -2.23. The highest BCUT2D eigenvalue weighted by Gasteiger charge is 2.39. The van der Waals surface area contributed by atoms with E-state index >= 15 is 0 Å². The summed E-state index contributed by atoms with van der Waals surface area (Å²) in [6, 6.07) is 20.1. The molecule has 0 radical (unpaired) electrons. The van der Waals surface area contributed by atoms with Crippen LogP contribution >= 0.6 is 23.4 Å². The number of amidine groups is 1. The number of nitrogens with zero attached hydrogens (tertiary/aromatic N) is 3. The van der Waals surface area contributed by atoms with Crippen molar-refractivity contribution >= 4 is 51.7 Å². The largest absolute Gasteiger partial charge is 0.497 e. The topological polar surface area (TPSA) is 102 Å². The summed E-state index contributed by atoms with van der Waals surface area (Å²) in [4.78, 5) is 30.1. The maximum atomic E-state index is 12.9. The standard InChI is InChI=1S/C29H27ClN4O5S/c1-37-21-10-6-18(7-11-21)25-15-24(17-4-8-19(30)9-5-17)33-34(25)29-32-28(36)26(40-29)16-27(35)31-20-12-22(38-2)14-23(13-20)39-3/h4-14,25-26H,15-16H2,1-3H3,(H,31,35)/t25-,26+/m0/s1. The molecule has 0 unspecified atom stereocenters. The highest BCUT2D eigenvalue weighted by Crippen LogP contribution is 2.39. The van der Waals surface area contributed by atoms with Crippen molar-refractivity contribution in [1.82, 2.24) is 5.01 Å². The molecule has 0 aliphatic carbocycles. The van der Waals surface area contributed by atoms with Crippen molar-refractivity contribution in [2.75, 3.05) is 26.6 Å². The van der Waals surface area contributed by atoms with Crippen LogP contribution in [0, 0.1) is 0 Å². The zero-order valence-corrected chi connectivity index (χ0v) is 23.7. The number of nitrogens with one attached hydrogen (secondary N) is 1. The highest BCUT2D eigenvalue weighted by atomic mass is 35.5. The van der Waals surface area contributed by atoms with Gasteiger partial charge >= 0.3 is 0 Å². The van der Waals surface area contributed by atoms with Crippen molar-refractivity contribution in [2.45, 2.75) is 24.1 Å². The van der Waals surface area contributed by atoms with Gasteiger partial charge in [0.15, 0.2) is 5.17 Å². The number of thioether (sulfide) groups is 1. The second-order valence-electron chi connectivity index (χ2n) is 9.08. The number of anilines is 1. The van der Waals surface area contributed by atoms with Gasteiger partial charge < -0.3 is 19.5 Å². The lowest BCUT2D eigenvalue weighted by atomic mass is 9.98. The van der Waals surface area contributed by atoms with Gasteiger partial charge in [0.05, 0.1) is 33.1 Å². The van der Waals surface area contributed by atoms with E-state index in [9.17, 15) is 9.59 Å². The number of hydrazone groups is 1. The summed E-state index contributed by atoms with van der Waals surface area (Å²) < 4.78 is 15.8. The minimum absolute atomic E-state index is 0.0508. The van der Waals surface area contributed by atoms with Gasteiger partial charge in [-0.1, -0.05) is 47.6 Å². The summed E-state index contributed by atoms with van der Waals surface area (Å²) in [6.07, 6.45) is 0.551. The number of methoxy groups -OCH3 is 3. The van der Waals surface area contributed by atoms with Crippen LogP contribution in [0.25, 0.3) is 0 Å². The number of carbonyl (C=O) groups excluding carboxylic acids is 2. The van der Waals surface area contributed by atoms with Crippen molar-refractivity contribution in [3.8, 4) is 17.2 Å². The Kier molecular flexibility index (Phi) is 8.27. The Morgan fingerprint density at radius 2 is 1.62 bits per heavy atom. The molecule has 0 bridgehead atoms. The quantitative estimate of drug-likeness (QED) is 0.374. The van der Waals surface area contributed by atoms with E-state index in [1.807, 2.05) is 48.5 Å². The Hall–Kier alpha value is -4.02. The number of benzene rings is 3. The van der Waals surface area contributed by atoms with E-state index in [2.05, 4.69) is 10.3 Å². The van der Waals surface area contributed by atoms with Crippen LogP contribution in [-0.4, -0.2) is 54.3 Å². The van der Waals surface area contributed by atoms with E-state index in [0.29, 0.717) is 33.8 Å². The first kappa shape index (κ1) is 27.5. The Bertz CT molecular complexity index is 1450. The number of halogens is 1. The van der Waals surface area contributed by atoms with Gasteiger partial charge in [0.25, 0.3) is 5.91 Å². The molecule has 2 atom stereocenters. The molecule has 5 rings (SSSR count). The predicted octanol–water partition coefficient (Wildman–Crippen LogP) is 5.54. The molecule has 40 heavy (non-hydrogen) atoms. The van der Waals surface area contributed by atoms with E-state index in [-0.39, 0.29) is 24.3 Å². The zero-order valence-electron chi connectivity index (χ0n) is 22.1. The van der Waals surface area contributed by atoms with Crippen LogP contribution in [0.5, 0.6) is 17.2 Å². The molecule has 2 amide bonds. The SMILES string of the molecule is COc1ccc([C@@H]2CC(c3ccc(Cl)cc3)=NN2C2=NC(=O)[C@@H](CC(=O)Nc3cc(OC)cc(OC)c3)S2)cc1. The normalized spacial score (nSPS) is 18.3. The fraction of sp³-hybridized carbons (Fsp3) is 0.241. The molecule has 3 aromatic carbocycles. The first-order valence-electron chi connectivity index (χ1n) is 12.5. The van der Waals surface area contributed by atoms with Crippen molar-refractivity contribution in [1.29, 1.82) is 0 Å². The van der Waals surface area contributed by atoms with Gasteiger partial charge in [-0.2, -0.15) is 10.1 Å². The summed E-state index contributed by atoms with van der Waals surface area (Å²) >= 11 is 7.33. The van der Waals surface area contributed by atoms with Gasteiger partial charge in [0.1, 0.15) is 22.5 Å². The molecular weight excluding hydrogens is 552 g/mol. The number of carbonyl (C=O) groups is 2. The van der Waals surface area contributed by atoms with Gasteiger partial charge in [-0.25, -0.2) is 5.01 Å². The number of amides is 2. The number of rotatable bonds is 8. The molecule has 206 valence electrons. The molecule has 0 spiro atoms. The number of ether oxygens (including phenoxy) is 3. The summed E-state index contributed by atoms with van der Waals surface area (Å²) in [5.41, 5.74) is 3.29. The third kappa shape index (κ3) is 6.08. The van der Waals surface area contributed by atoms with Crippen LogP contribution in [0.3, 0.4) is 0 Å². The monoisotopic (exact) mass is 578 g/mol. The minimum Gasteiger partial charge on any atom is -0.497 e. The van der Waals surface area contributed by atoms with Crippen molar-refractivity contribution in [3.05, 3.63) is 82.9 Å². The summed E-state index contributed by atoms with van der Waals surface area (Å²) in [6.45, 7) is 0. The summed E-state index contributed by atoms with van der Waals surface area (Å²) in [5.74, 6) is 1.13. The zero-order chi connectivity index (χ0) is 28.2. The molecule has 0 saturated heterocycles. The van der Waals surface area contributed by atoms with Crippen LogP contribution in [0.2, 0.25) is 5.02 Å². The maximum absolute atomic E-state index is 12.9. The molecule has 11 heteroatoms. The van der Waals surface area contributed by atoms with Crippen LogP contribution < -0.4 is 19.5 Å². The van der Waals surface area contributed by atoms with Gasteiger partial charge in [-0.15, -0.1) is 0 Å². The second kappa shape index (κ2) is 12.0. The molecule has 0 fully saturated rings. The maximum Gasteiger partial charge on any atom is 0.262 e. The average Bonchev–Trinajstić information content (AvgIpc) is 3.57. The Morgan fingerprint density at radius 3 is 2.25 bits per heavy atom. The molecule has 3 aromatic rings. The number of hydrogen-bond donors (Lipinski definition) is 1. The summed E-state index contributed by atoms with van der Waals surface area (Å²) in [7, 11) is 4.69. The molecular formula is C29H27ClN4O5S. The molecule has 1 N–H and O–H groups in total. The van der Waals surface area contributed by atoms with Gasteiger partial charge in [0, 0.05) is 41.8 Å². The van der Waals surface area contributed by atoms with Crippen molar-refractivity contribution in [2.24, 2.45) is 10.1 Å². The fourth-order valence-corrected chi connectivity index (χ4v) is 5.64. The molecule has 9 nitrogen and oxygen atoms in total. The van der Waals surface area contributed by atoms with Crippen LogP contribution in [0.15, 0.2) is 76.8 Å². The molecule has 2 aliphatic rings. The lowest BCUT2D eigenvalue weighted by molar-refractivity contribution is -0.121. The predicted molar refractivity (Wildman–Crippen MR) is 157 cm³/mol. The van der Waals surface area contributed by atoms with E-state index in [4.69, 9.17) is 30.9 Å². The average molecular weight is 579 g/mol.